The Hall–Kier alpha value is -1.52. The molecule has 0 aromatic heterocycles. The molecule has 4 heteroatoms. The van der Waals surface area contributed by atoms with Crippen molar-refractivity contribution in [1.82, 2.24) is 5.32 Å². The van der Waals surface area contributed by atoms with E-state index in [1.165, 1.54) is 11.1 Å². The van der Waals surface area contributed by atoms with Crippen molar-refractivity contribution in [3.05, 3.63) is 58.1 Å². The number of benzene rings is 2. The molecule has 0 saturated heterocycles. The van der Waals surface area contributed by atoms with Gasteiger partial charge in [-0.2, -0.15) is 0 Å². The highest BCUT2D eigenvalue weighted by Gasteiger charge is 2.12. The minimum Gasteiger partial charge on any atom is -0.493 e. The second-order valence-electron chi connectivity index (χ2n) is 5.85. The van der Waals surface area contributed by atoms with E-state index in [4.69, 9.17) is 9.47 Å². The number of aryl methyl sites for hydroxylation is 1. The monoisotopic (exact) mass is 391 g/mol. The molecule has 3 nitrogen and oxygen atoms in total. The van der Waals surface area contributed by atoms with Gasteiger partial charge in [0.2, 0.25) is 0 Å². The zero-order valence-corrected chi connectivity index (χ0v) is 16.2. The van der Waals surface area contributed by atoms with E-state index in [1.54, 1.807) is 7.11 Å². The maximum absolute atomic E-state index is 5.63. The van der Waals surface area contributed by atoms with Gasteiger partial charge in [-0.05, 0) is 65.9 Å². The Morgan fingerprint density at radius 2 is 1.88 bits per heavy atom. The third-order valence-corrected chi connectivity index (χ3v) is 4.53. The molecule has 1 N–H and O–H groups in total. The van der Waals surface area contributed by atoms with Gasteiger partial charge in [0, 0.05) is 12.6 Å². The lowest BCUT2D eigenvalue weighted by Gasteiger charge is -2.16. The third-order valence-electron chi connectivity index (χ3n) is 3.94. The van der Waals surface area contributed by atoms with Crippen LogP contribution in [0.2, 0.25) is 0 Å². The summed E-state index contributed by atoms with van der Waals surface area (Å²) in [6, 6.07) is 15.2. The van der Waals surface area contributed by atoms with Crippen LogP contribution >= 0.6 is 15.9 Å². The minimum absolute atomic E-state index is 0.446. The van der Waals surface area contributed by atoms with Gasteiger partial charge in [0.05, 0.1) is 18.2 Å². The largest absolute Gasteiger partial charge is 0.493 e. The van der Waals surface area contributed by atoms with Gasteiger partial charge in [0.15, 0.2) is 11.5 Å². The van der Waals surface area contributed by atoms with Gasteiger partial charge in [-0.15, -0.1) is 0 Å². The molecule has 0 aliphatic rings. The van der Waals surface area contributed by atoms with Gasteiger partial charge in [0.1, 0.15) is 0 Å². The van der Waals surface area contributed by atoms with Crippen LogP contribution in [0.4, 0.5) is 0 Å². The highest BCUT2D eigenvalue weighted by molar-refractivity contribution is 9.10. The maximum Gasteiger partial charge on any atom is 0.175 e. The molecule has 0 spiro atoms. The molecule has 0 saturated carbocycles. The Morgan fingerprint density at radius 1 is 1.12 bits per heavy atom. The molecule has 0 fully saturated rings. The molecule has 0 amide bonds. The van der Waals surface area contributed by atoms with Crippen LogP contribution < -0.4 is 14.8 Å². The van der Waals surface area contributed by atoms with Gasteiger partial charge in [-0.1, -0.05) is 30.3 Å². The van der Waals surface area contributed by atoms with E-state index >= 15 is 0 Å². The SMILES string of the molecule is CCOc1c(Br)cc(CN[C@@H](C)CCc2ccccc2)cc1OC. The van der Waals surface area contributed by atoms with Crippen LogP contribution in [0.15, 0.2) is 46.9 Å². The average molecular weight is 392 g/mol. The van der Waals surface area contributed by atoms with E-state index in [0.29, 0.717) is 12.6 Å². The molecular weight excluding hydrogens is 366 g/mol. The van der Waals surface area contributed by atoms with Crippen LogP contribution in [-0.4, -0.2) is 19.8 Å². The van der Waals surface area contributed by atoms with Gasteiger partial charge in [0.25, 0.3) is 0 Å². The van der Waals surface area contributed by atoms with E-state index in [1.807, 2.05) is 13.0 Å². The van der Waals surface area contributed by atoms with Crippen LogP contribution in [0.3, 0.4) is 0 Å². The van der Waals surface area contributed by atoms with Crippen molar-refractivity contribution in [3.63, 3.8) is 0 Å². The van der Waals surface area contributed by atoms with Gasteiger partial charge in [-0.3, -0.25) is 0 Å². The van der Waals surface area contributed by atoms with Crippen LogP contribution in [0.5, 0.6) is 11.5 Å². The first-order chi connectivity index (χ1) is 11.6. The second-order valence-corrected chi connectivity index (χ2v) is 6.70. The number of hydrogen-bond acceptors (Lipinski definition) is 3. The summed E-state index contributed by atoms with van der Waals surface area (Å²) in [7, 11) is 1.67. The van der Waals surface area contributed by atoms with Crippen molar-refractivity contribution in [2.24, 2.45) is 0 Å². The molecule has 0 aliphatic heterocycles. The second kappa shape index (κ2) is 9.70. The fraction of sp³-hybridized carbons (Fsp3) is 0.400. The van der Waals surface area contributed by atoms with Crippen molar-refractivity contribution < 1.29 is 9.47 Å². The Balaban J connectivity index is 1.90. The molecular formula is C20H26BrNO2. The topological polar surface area (TPSA) is 30.5 Å². The summed E-state index contributed by atoms with van der Waals surface area (Å²) in [6.07, 6.45) is 2.20. The summed E-state index contributed by atoms with van der Waals surface area (Å²) in [5.74, 6) is 1.53. The molecule has 130 valence electrons. The summed E-state index contributed by atoms with van der Waals surface area (Å²) in [6.45, 7) is 5.61. The Bertz CT molecular complexity index is 631. The van der Waals surface area contributed by atoms with E-state index in [9.17, 15) is 0 Å². The first-order valence-electron chi connectivity index (χ1n) is 8.40. The highest BCUT2D eigenvalue weighted by Crippen LogP contribution is 2.36. The first kappa shape index (κ1) is 18.8. The normalized spacial score (nSPS) is 12.0. The summed E-state index contributed by atoms with van der Waals surface area (Å²) < 4.78 is 12.0. The predicted molar refractivity (Wildman–Crippen MR) is 103 cm³/mol. The van der Waals surface area contributed by atoms with Crippen molar-refractivity contribution >= 4 is 15.9 Å². The smallest absolute Gasteiger partial charge is 0.175 e. The number of halogens is 1. The summed E-state index contributed by atoms with van der Waals surface area (Å²) >= 11 is 3.58. The molecule has 1 atom stereocenters. The maximum atomic E-state index is 5.63. The van der Waals surface area contributed by atoms with Crippen LogP contribution in [0, 0.1) is 0 Å². The molecule has 0 unspecified atom stereocenters. The Morgan fingerprint density at radius 3 is 2.54 bits per heavy atom. The molecule has 2 aromatic carbocycles. The quantitative estimate of drug-likeness (QED) is 0.654. The minimum atomic E-state index is 0.446. The fourth-order valence-electron chi connectivity index (χ4n) is 2.58. The molecule has 2 aromatic rings. The summed E-state index contributed by atoms with van der Waals surface area (Å²) in [4.78, 5) is 0. The number of hydrogen-bond donors (Lipinski definition) is 1. The Kier molecular flexibility index (Phi) is 7.60. The lowest BCUT2D eigenvalue weighted by molar-refractivity contribution is 0.308. The fourth-order valence-corrected chi connectivity index (χ4v) is 3.19. The zero-order chi connectivity index (χ0) is 17.4. The predicted octanol–water partition coefficient (Wildman–Crippen LogP) is 4.97. The van der Waals surface area contributed by atoms with E-state index in [0.717, 1.165) is 35.4 Å². The zero-order valence-electron chi connectivity index (χ0n) is 14.6. The van der Waals surface area contributed by atoms with Crippen LogP contribution in [-0.2, 0) is 13.0 Å². The number of nitrogens with one attached hydrogen (secondary N) is 1. The molecule has 0 radical (unpaired) electrons. The summed E-state index contributed by atoms with van der Waals surface area (Å²) in [5.41, 5.74) is 2.56. The van der Waals surface area contributed by atoms with E-state index < -0.39 is 0 Å². The van der Waals surface area contributed by atoms with Crippen molar-refractivity contribution in [1.29, 1.82) is 0 Å². The number of rotatable bonds is 9. The molecule has 2 rings (SSSR count). The van der Waals surface area contributed by atoms with Crippen molar-refractivity contribution in [3.8, 4) is 11.5 Å². The van der Waals surface area contributed by atoms with Gasteiger partial charge >= 0.3 is 0 Å². The van der Waals surface area contributed by atoms with Crippen LogP contribution in [0.1, 0.15) is 31.4 Å². The lowest BCUT2D eigenvalue weighted by Crippen LogP contribution is -2.26. The average Bonchev–Trinajstić information content (AvgIpc) is 2.61. The van der Waals surface area contributed by atoms with E-state index in [2.05, 4.69) is 64.6 Å². The van der Waals surface area contributed by atoms with Gasteiger partial charge in [-0.25, -0.2) is 0 Å². The summed E-state index contributed by atoms with van der Waals surface area (Å²) in [5, 5.41) is 3.58. The first-order valence-corrected chi connectivity index (χ1v) is 9.19. The molecule has 24 heavy (non-hydrogen) atoms. The molecule has 0 heterocycles. The third kappa shape index (κ3) is 5.53. The standard InChI is InChI=1S/C20H26BrNO2/c1-4-24-20-18(21)12-17(13-19(20)23-3)14-22-15(2)10-11-16-8-6-5-7-9-16/h5-9,12-13,15,22H,4,10-11,14H2,1-3H3/t15-/m0/s1. The molecule has 0 bridgehead atoms. The Labute approximate surface area is 153 Å². The highest BCUT2D eigenvalue weighted by atomic mass is 79.9. The van der Waals surface area contributed by atoms with Crippen LogP contribution in [0.25, 0.3) is 0 Å². The number of methoxy groups -OCH3 is 1. The lowest BCUT2D eigenvalue weighted by atomic mass is 10.1. The van der Waals surface area contributed by atoms with Gasteiger partial charge < -0.3 is 14.8 Å². The van der Waals surface area contributed by atoms with E-state index in [-0.39, 0.29) is 0 Å². The number of ether oxygens (including phenoxy) is 2. The van der Waals surface area contributed by atoms with Crippen molar-refractivity contribution in [2.75, 3.05) is 13.7 Å². The molecule has 0 aliphatic carbocycles. The van der Waals surface area contributed by atoms with Crippen molar-refractivity contribution in [2.45, 2.75) is 39.3 Å².